The number of benzene rings is 1. The summed E-state index contributed by atoms with van der Waals surface area (Å²) in [6.07, 6.45) is 2.27. The summed E-state index contributed by atoms with van der Waals surface area (Å²) < 4.78 is 0. The molecular weight excluding hydrogens is 334 g/mol. The summed E-state index contributed by atoms with van der Waals surface area (Å²) in [6.45, 7) is 0. The molecule has 2 atom stereocenters. The Morgan fingerprint density at radius 1 is 1.15 bits per heavy atom. The number of hydrogen-bond donors (Lipinski definition) is 2. The van der Waals surface area contributed by atoms with Crippen LogP contribution in [0.4, 0.5) is 5.82 Å². The zero-order valence-corrected chi connectivity index (χ0v) is 14.0. The smallest absolute Gasteiger partial charge is 0.327 e. The number of likely N-dealkylation sites (tertiary alicyclic amines) is 1. The average Bonchev–Trinajstić information content (AvgIpc) is 2.62. The Hall–Kier alpha value is -3.22. The molecule has 1 fully saturated rings. The molecule has 0 unspecified atom stereocenters. The summed E-state index contributed by atoms with van der Waals surface area (Å²) in [5.74, 6) is -2.56. The van der Waals surface area contributed by atoms with Gasteiger partial charge in [-0.1, -0.05) is 30.3 Å². The van der Waals surface area contributed by atoms with E-state index in [0.717, 1.165) is 16.0 Å². The minimum absolute atomic E-state index is 0.0917. The number of aromatic nitrogens is 1. The third-order valence-electron chi connectivity index (χ3n) is 4.51. The number of carbonyl (C=O) groups excluding carboxylic acids is 2. The van der Waals surface area contributed by atoms with Gasteiger partial charge in [-0.25, -0.2) is 9.78 Å². The van der Waals surface area contributed by atoms with Crippen molar-refractivity contribution in [3.05, 3.63) is 59.8 Å². The molecule has 2 aromatic rings. The zero-order valence-electron chi connectivity index (χ0n) is 14.0. The second-order valence-corrected chi connectivity index (χ2v) is 6.27. The Labute approximate surface area is 150 Å². The fourth-order valence-electron chi connectivity index (χ4n) is 3.20. The van der Waals surface area contributed by atoms with Gasteiger partial charge >= 0.3 is 5.97 Å². The number of hydrogen-bond acceptors (Lipinski definition) is 5. The van der Waals surface area contributed by atoms with Crippen molar-refractivity contribution >= 4 is 23.6 Å². The van der Waals surface area contributed by atoms with Crippen LogP contribution in [0.5, 0.6) is 0 Å². The Morgan fingerprint density at radius 3 is 2.54 bits per heavy atom. The van der Waals surface area contributed by atoms with Crippen LogP contribution >= 0.6 is 0 Å². The maximum absolute atomic E-state index is 12.4. The predicted molar refractivity (Wildman–Crippen MR) is 93.9 cm³/mol. The number of rotatable bonds is 6. The molecule has 3 N–H and O–H groups in total. The molecule has 1 saturated heterocycles. The summed E-state index contributed by atoms with van der Waals surface area (Å²) in [5, 5.41) is 9.48. The van der Waals surface area contributed by atoms with E-state index in [9.17, 15) is 19.5 Å². The second kappa shape index (κ2) is 7.35. The van der Waals surface area contributed by atoms with Crippen LogP contribution in [0.2, 0.25) is 0 Å². The monoisotopic (exact) mass is 353 g/mol. The summed E-state index contributed by atoms with van der Waals surface area (Å²) in [7, 11) is 0. The SMILES string of the molecule is Nc1cc(C[C@H]2C(=O)N(C(=O)CCc3ccccc3)[C@@H]2C(=O)O)ccn1. The van der Waals surface area contributed by atoms with Crippen LogP contribution in [0.1, 0.15) is 17.5 Å². The summed E-state index contributed by atoms with van der Waals surface area (Å²) >= 11 is 0. The molecule has 134 valence electrons. The van der Waals surface area contributed by atoms with Crippen LogP contribution < -0.4 is 5.73 Å². The first-order chi connectivity index (χ1) is 12.5. The van der Waals surface area contributed by atoms with Gasteiger partial charge in [0.1, 0.15) is 11.9 Å². The van der Waals surface area contributed by atoms with E-state index in [4.69, 9.17) is 5.73 Å². The molecule has 7 heteroatoms. The van der Waals surface area contributed by atoms with Crippen molar-refractivity contribution in [2.24, 2.45) is 5.92 Å². The van der Waals surface area contributed by atoms with Crippen LogP contribution in [0, 0.1) is 5.92 Å². The van der Waals surface area contributed by atoms with E-state index in [-0.39, 0.29) is 12.8 Å². The fourth-order valence-corrected chi connectivity index (χ4v) is 3.20. The molecule has 3 rings (SSSR count). The highest BCUT2D eigenvalue weighted by Crippen LogP contribution is 2.31. The van der Waals surface area contributed by atoms with Gasteiger partial charge in [0.25, 0.3) is 0 Å². The summed E-state index contributed by atoms with van der Waals surface area (Å²) in [6, 6.07) is 11.5. The van der Waals surface area contributed by atoms with Crippen molar-refractivity contribution in [3.63, 3.8) is 0 Å². The van der Waals surface area contributed by atoms with Gasteiger partial charge in [-0.2, -0.15) is 0 Å². The van der Waals surface area contributed by atoms with Gasteiger partial charge in [0.15, 0.2) is 0 Å². The number of anilines is 1. The number of nitrogen functional groups attached to an aromatic ring is 1. The number of amides is 2. The normalized spacial score (nSPS) is 19.1. The van der Waals surface area contributed by atoms with Gasteiger partial charge in [-0.05, 0) is 36.1 Å². The number of imide groups is 1. The molecule has 1 aliphatic rings. The minimum Gasteiger partial charge on any atom is -0.480 e. The van der Waals surface area contributed by atoms with Crippen molar-refractivity contribution in [2.45, 2.75) is 25.3 Å². The number of nitrogens with zero attached hydrogens (tertiary/aromatic N) is 2. The van der Waals surface area contributed by atoms with Crippen LogP contribution in [-0.2, 0) is 27.2 Å². The standard InChI is InChI=1S/C19H19N3O4/c20-15-11-13(8-9-21-15)10-14-17(19(25)26)22(18(14)24)16(23)7-6-12-4-2-1-3-5-12/h1-5,8-9,11,14,17H,6-7,10H2,(H2,20,21)(H,25,26)/t14-,17+/m1/s1. The highest BCUT2D eigenvalue weighted by molar-refractivity contribution is 6.08. The molecule has 1 aromatic heterocycles. The molecule has 1 aliphatic heterocycles. The Balaban J connectivity index is 1.67. The molecule has 1 aromatic carbocycles. The van der Waals surface area contributed by atoms with Crippen molar-refractivity contribution in [1.29, 1.82) is 0 Å². The summed E-state index contributed by atoms with van der Waals surface area (Å²) in [5.41, 5.74) is 7.30. The molecule has 0 aliphatic carbocycles. The van der Waals surface area contributed by atoms with Gasteiger partial charge in [-0.15, -0.1) is 0 Å². The molecule has 0 bridgehead atoms. The van der Waals surface area contributed by atoms with Gasteiger partial charge in [-0.3, -0.25) is 14.5 Å². The lowest BCUT2D eigenvalue weighted by Crippen LogP contribution is -2.66. The number of carboxylic acids is 1. The fraction of sp³-hybridized carbons (Fsp3) is 0.263. The predicted octanol–water partition coefficient (Wildman–Crippen LogP) is 1.28. The average molecular weight is 353 g/mol. The second-order valence-electron chi connectivity index (χ2n) is 6.27. The number of aliphatic carboxylic acids is 1. The van der Waals surface area contributed by atoms with Crippen LogP contribution in [0.25, 0.3) is 0 Å². The maximum Gasteiger partial charge on any atom is 0.327 e. The third-order valence-corrected chi connectivity index (χ3v) is 4.51. The van der Waals surface area contributed by atoms with Crippen molar-refractivity contribution in [3.8, 4) is 0 Å². The number of pyridine rings is 1. The minimum atomic E-state index is -1.18. The van der Waals surface area contributed by atoms with E-state index in [2.05, 4.69) is 4.98 Å². The van der Waals surface area contributed by atoms with E-state index in [0.29, 0.717) is 12.2 Å². The van der Waals surface area contributed by atoms with Gasteiger partial charge < -0.3 is 10.8 Å². The number of aryl methyl sites for hydroxylation is 1. The first-order valence-electron chi connectivity index (χ1n) is 8.30. The van der Waals surface area contributed by atoms with E-state index < -0.39 is 29.7 Å². The maximum atomic E-state index is 12.4. The van der Waals surface area contributed by atoms with E-state index >= 15 is 0 Å². The lowest BCUT2D eigenvalue weighted by molar-refractivity contribution is -0.177. The number of carboxylic acid groups (broad SMARTS) is 1. The molecule has 2 amide bonds. The van der Waals surface area contributed by atoms with Crippen molar-refractivity contribution < 1.29 is 19.5 Å². The topological polar surface area (TPSA) is 114 Å². The molecule has 2 heterocycles. The Morgan fingerprint density at radius 2 is 1.88 bits per heavy atom. The number of carbonyl (C=O) groups is 3. The van der Waals surface area contributed by atoms with Crippen molar-refractivity contribution in [2.75, 3.05) is 5.73 Å². The Bertz CT molecular complexity index is 838. The number of β-lactam (4-membered cyclic amide) rings is 1. The molecule has 26 heavy (non-hydrogen) atoms. The number of nitrogens with two attached hydrogens (primary N) is 1. The van der Waals surface area contributed by atoms with Crippen LogP contribution in [0.3, 0.4) is 0 Å². The van der Waals surface area contributed by atoms with Gasteiger partial charge in [0.2, 0.25) is 11.8 Å². The van der Waals surface area contributed by atoms with E-state index in [1.807, 2.05) is 30.3 Å². The quantitative estimate of drug-likeness (QED) is 0.756. The lowest BCUT2D eigenvalue weighted by atomic mass is 9.82. The van der Waals surface area contributed by atoms with Crippen LogP contribution in [0.15, 0.2) is 48.7 Å². The largest absolute Gasteiger partial charge is 0.480 e. The first kappa shape index (κ1) is 17.6. The highest BCUT2D eigenvalue weighted by atomic mass is 16.4. The lowest BCUT2D eigenvalue weighted by Gasteiger charge is -2.43. The molecule has 7 nitrogen and oxygen atoms in total. The van der Waals surface area contributed by atoms with E-state index in [1.54, 1.807) is 12.1 Å². The summed E-state index contributed by atoms with van der Waals surface area (Å²) in [4.78, 5) is 41.1. The molecular formula is C19H19N3O4. The first-order valence-corrected chi connectivity index (χ1v) is 8.30. The van der Waals surface area contributed by atoms with Crippen molar-refractivity contribution in [1.82, 2.24) is 9.88 Å². The highest BCUT2D eigenvalue weighted by Gasteiger charge is 2.54. The Kier molecular flexibility index (Phi) is 4.97. The molecule has 0 saturated carbocycles. The van der Waals surface area contributed by atoms with Crippen LogP contribution in [-0.4, -0.2) is 38.8 Å². The molecule has 0 radical (unpaired) electrons. The zero-order chi connectivity index (χ0) is 18.7. The third kappa shape index (κ3) is 3.56. The van der Waals surface area contributed by atoms with E-state index in [1.165, 1.54) is 6.20 Å². The van der Waals surface area contributed by atoms with Gasteiger partial charge in [0.05, 0.1) is 5.92 Å². The molecule has 0 spiro atoms. The van der Waals surface area contributed by atoms with Gasteiger partial charge in [0, 0.05) is 12.6 Å².